The number of aromatic nitrogens is 1. The van der Waals surface area contributed by atoms with Gasteiger partial charge in [0.1, 0.15) is 10.6 Å². The van der Waals surface area contributed by atoms with Crippen LogP contribution in [0.15, 0.2) is 18.2 Å². The average Bonchev–Trinajstić information content (AvgIpc) is 2.74. The summed E-state index contributed by atoms with van der Waals surface area (Å²) in [7, 11) is 0. The molecule has 0 aliphatic heterocycles. The first kappa shape index (κ1) is 14.5. The third-order valence-electron chi connectivity index (χ3n) is 2.89. The zero-order chi connectivity index (χ0) is 14.7. The van der Waals surface area contributed by atoms with Gasteiger partial charge < -0.3 is 9.84 Å². The maximum Gasteiger partial charge on any atom is 0.347 e. The molecule has 106 valence electrons. The maximum atomic E-state index is 11.1. The summed E-state index contributed by atoms with van der Waals surface area (Å²) in [5.74, 6) is -0.0802. The molecule has 0 atom stereocenters. The summed E-state index contributed by atoms with van der Waals surface area (Å²) in [6, 6.07) is 6.01. The van der Waals surface area contributed by atoms with Crippen molar-refractivity contribution in [3.63, 3.8) is 0 Å². The van der Waals surface area contributed by atoms with Gasteiger partial charge in [0.2, 0.25) is 0 Å². The van der Waals surface area contributed by atoms with Crippen molar-refractivity contribution in [3.05, 3.63) is 44.9 Å². The first-order valence-electron chi connectivity index (χ1n) is 6.43. The lowest BCUT2D eigenvalue weighted by Gasteiger charge is -2.09. The lowest BCUT2D eigenvalue weighted by atomic mass is 10.1. The zero-order valence-electron chi connectivity index (χ0n) is 11.8. The van der Waals surface area contributed by atoms with Gasteiger partial charge in [0, 0.05) is 12.0 Å². The molecule has 4 nitrogen and oxygen atoms in total. The fourth-order valence-electron chi connectivity index (χ4n) is 2.03. The van der Waals surface area contributed by atoms with Gasteiger partial charge >= 0.3 is 5.97 Å². The highest BCUT2D eigenvalue weighted by atomic mass is 32.1. The van der Waals surface area contributed by atoms with E-state index < -0.39 is 5.97 Å². The number of hydrogen-bond donors (Lipinski definition) is 1. The van der Waals surface area contributed by atoms with E-state index in [-0.39, 0.29) is 0 Å². The van der Waals surface area contributed by atoms with E-state index in [0.717, 1.165) is 21.9 Å². The number of carbonyl (C=O) groups is 1. The molecule has 0 aliphatic carbocycles. The van der Waals surface area contributed by atoms with Gasteiger partial charge in [-0.05, 0) is 26.8 Å². The maximum absolute atomic E-state index is 11.1. The van der Waals surface area contributed by atoms with E-state index in [2.05, 4.69) is 11.1 Å². The van der Waals surface area contributed by atoms with Crippen LogP contribution in [-0.2, 0) is 6.42 Å². The van der Waals surface area contributed by atoms with Crippen LogP contribution >= 0.6 is 11.3 Å². The van der Waals surface area contributed by atoms with Gasteiger partial charge in [0.05, 0.1) is 17.3 Å². The van der Waals surface area contributed by atoms with Crippen LogP contribution < -0.4 is 4.74 Å². The molecule has 0 bridgehead atoms. The van der Waals surface area contributed by atoms with Crippen LogP contribution in [0.25, 0.3) is 0 Å². The van der Waals surface area contributed by atoms with Crippen LogP contribution in [0.2, 0.25) is 0 Å². The number of hydrogen-bond acceptors (Lipinski definition) is 4. The van der Waals surface area contributed by atoms with E-state index in [1.165, 1.54) is 11.3 Å². The summed E-state index contributed by atoms with van der Waals surface area (Å²) >= 11 is 1.23. The summed E-state index contributed by atoms with van der Waals surface area (Å²) in [5.41, 5.74) is 2.76. The van der Waals surface area contributed by atoms with Gasteiger partial charge in [-0.25, -0.2) is 9.78 Å². The molecule has 1 aromatic heterocycles. The molecule has 0 aliphatic rings. The van der Waals surface area contributed by atoms with Crippen LogP contribution in [0.1, 0.15) is 38.4 Å². The molecular weight excluding hydrogens is 274 g/mol. The Kier molecular flexibility index (Phi) is 4.39. The van der Waals surface area contributed by atoms with Crippen molar-refractivity contribution in [1.29, 1.82) is 0 Å². The van der Waals surface area contributed by atoms with Crippen molar-refractivity contribution in [1.82, 2.24) is 4.98 Å². The minimum absolute atomic E-state index is 0.311. The minimum Gasteiger partial charge on any atom is -0.494 e. The molecule has 0 saturated heterocycles. The molecule has 20 heavy (non-hydrogen) atoms. The van der Waals surface area contributed by atoms with E-state index in [9.17, 15) is 4.79 Å². The molecule has 1 N–H and O–H groups in total. The number of nitrogens with zero attached hydrogens (tertiary/aromatic N) is 1. The highest BCUT2D eigenvalue weighted by molar-refractivity contribution is 7.13. The summed E-state index contributed by atoms with van der Waals surface area (Å²) in [5, 5.41) is 9.87. The Morgan fingerprint density at radius 3 is 2.75 bits per heavy atom. The second-order valence-corrected chi connectivity index (χ2v) is 5.63. The predicted molar refractivity (Wildman–Crippen MR) is 79.0 cm³/mol. The number of aromatic carboxylic acids is 1. The second kappa shape index (κ2) is 6.05. The van der Waals surface area contributed by atoms with Crippen LogP contribution in [0.3, 0.4) is 0 Å². The summed E-state index contributed by atoms with van der Waals surface area (Å²) < 4.78 is 5.61. The van der Waals surface area contributed by atoms with Crippen LogP contribution in [0, 0.1) is 13.8 Å². The number of carboxylic acid groups (broad SMARTS) is 1. The average molecular weight is 291 g/mol. The molecule has 0 fully saturated rings. The SMILES string of the molecule is CCOc1ccc(C)cc1Cc1nc(C)c(C(=O)O)s1. The molecule has 0 amide bonds. The second-order valence-electron chi connectivity index (χ2n) is 4.55. The number of thiazole rings is 1. The number of ether oxygens (including phenoxy) is 1. The van der Waals surface area contributed by atoms with E-state index in [1.54, 1.807) is 6.92 Å². The standard InChI is InChI=1S/C15H17NO3S/c1-4-19-12-6-5-9(2)7-11(12)8-13-16-10(3)14(20-13)15(17)18/h5-7H,4,8H2,1-3H3,(H,17,18). The van der Waals surface area contributed by atoms with Crippen molar-refractivity contribution in [3.8, 4) is 5.75 Å². The molecule has 2 rings (SSSR count). The van der Waals surface area contributed by atoms with Crippen LogP contribution in [0.5, 0.6) is 5.75 Å². The normalized spacial score (nSPS) is 10.6. The Balaban J connectivity index is 2.31. The third-order valence-corrected chi connectivity index (χ3v) is 4.04. The largest absolute Gasteiger partial charge is 0.494 e. The van der Waals surface area contributed by atoms with Crippen LogP contribution in [0.4, 0.5) is 0 Å². The smallest absolute Gasteiger partial charge is 0.347 e. The van der Waals surface area contributed by atoms with Gasteiger partial charge in [-0.1, -0.05) is 17.7 Å². The molecule has 0 spiro atoms. The first-order chi connectivity index (χ1) is 9.51. The Hall–Kier alpha value is -1.88. The molecule has 2 aromatic rings. The Morgan fingerprint density at radius 1 is 1.40 bits per heavy atom. The Bertz CT molecular complexity index is 634. The summed E-state index contributed by atoms with van der Waals surface area (Å²) in [4.78, 5) is 15.7. The highest BCUT2D eigenvalue weighted by Crippen LogP contribution is 2.26. The first-order valence-corrected chi connectivity index (χ1v) is 7.24. The monoisotopic (exact) mass is 291 g/mol. The van der Waals surface area contributed by atoms with E-state index in [4.69, 9.17) is 9.84 Å². The van der Waals surface area contributed by atoms with Gasteiger partial charge in [0.25, 0.3) is 0 Å². The van der Waals surface area contributed by atoms with Crippen molar-refractivity contribution < 1.29 is 14.6 Å². The third kappa shape index (κ3) is 3.17. The Morgan fingerprint density at radius 2 is 2.15 bits per heavy atom. The van der Waals surface area contributed by atoms with E-state index in [0.29, 0.717) is 23.6 Å². The summed E-state index contributed by atoms with van der Waals surface area (Å²) in [6.07, 6.45) is 0.593. The number of benzene rings is 1. The lowest BCUT2D eigenvalue weighted by Crippen LogP contribution is -1.98. The lowest BCUT2D eigenvalue weighted by molar-refractivity contribution is 0.0701. The fraction of sp³-hybridized carbons (Fsp3) is 0.333. The number of aryl methyl sites for hydroxylation is 2. The van der Waals surface area contributed by atoms with Crippen molar-refractivity contribution in [2.75, 3.05) is 6.61 Å². The van der Waals surface area contributed by atoms with E-state index in [1.807, 2.05) is 26.0 Å². The van der Waals surface area contributed by atoms with Crippen molar-refractivity contribution in [2.45, 2.75) is 27.2 Å². The molecule has 0 radical (unpaired) electrons. The predicted octanol–water partition coefficient (Wildman–Crippen LogP) is 3.45. The summed E-state index contributed by atoms with van der Waals surface area (Å²) in [6.45, 7) is 6.30. The van der Waals surface area contributed by atoms with Gasteiger partial charge in [-0.3, -0.25) is 0 Å². The molecular formula is C15H17NO3S. The molecule has 5 heteroatoms. The van der Waals surface area contributed by atoms with Gasteiger partial charge in [0.15, 0.2) is 0 Å². The minimum atomic E-state index is -0.916. The van der Waals surface area contributed by atoms with E-state index >= 15 is 0 Å². The molecule has 0 unspecified atom stereocenters. The fourth-order valence-corrected chi connectivity index (χ4v) is 2.96. The quantitative estimate of drug-likeness (QED) is 0.916. The molecule has 1 aromatic carbocycles. The van der Waals surface area contributed by atoms with Gasteiger partial charge in [-0.2, -0.15) is 0 Å². The number of rotatable bonds is 5. The van der Waals surface area contributed by atoms with Gasteiger partial charge in [-0.15, -0.1) is 11.3 Å². The molecule has 1 heterocycles. The van der Waals surface area contributed by atoms with Crippen LogP contribution in [-0.4, -0.2) is 22.7 Å². The Labute approximate surface area is 122 Å². The topological polar surface area (TPSA) is 59.4 Å². The molecule has 0 saturated carbocycles. The highest BCUT2D eigenvalue weighted by Gasteiger charge is 2.15. The number of carboxylic acids is 1. The van der Waals surface area contributed by atoms with Crippen molar-refractivity contribution in [2.24, 2.45) is 0 Å². The zero-order valence-corrected chi connectivity index (χ0v) is 12.6. The van der Waals surface area contributed by atoms with Crippen molar-refractivity contribution >= 4 is 17.3 Å².